The second-order valence-electron chi connectivity index (χ2n) is 3.74. The van der Waals surface area contributed by atoms with Crippen LogP contribution in [0.1, 0.15) is 10.4 Å². The van der Waals surface area contributed by atoms with Gasteiger partial charge in [0.15, 0.2) is 0 Å². The van der Waals surface area contributed by atoms with Crippen LogP contribution in [0.25, 0.3) is 0 Å². The molecule has 0 bridgehead atoms. The van der Waals surface area contributed by atoms with Gasteiger partial charge in [0.05, 0.1) is 5.56 Å². The van der Waals surface area contributed by atoms with E-state index in [0.29, 0.717) is 5.46 Å². The molecule has 0 aliphatic heterocycles. The normalized spacial score (nSPS) is 9.15. The zero-order valence-corrected chi connectivity index (χ0v) is 10.5. The molecule has 0 fully saturated rings. The molecular weight excluding hydrogens is 261 g/mol. The van der Waals surface area contributed by atoms with Crippen molar-refractivity contribution in [3.8, 4) is 5.75 Å². The minimum atomic E-state index is -1.34. The number of phenols is 1. The molecule has 7 heteroatoms. The number of hydroxylamine groups is 1. The maximum Gasteiger partial charge on any atom is 0.488 e. The van der Waals surface area contributed by atoms with Crippen molar-refractivity contribution in [3.05, 3.63) is 60.2 Å². The number of carbonyl (C=O) groups excluding carboxylic acids is 1. The van der Waals surface area contributed by atoms with Gasteiger partial charge in [0, 0.05) is 0 Å². The van der Waals surface area contributed by atoms with Crippen molar-refractivity contribution in [1.29, 1.82) is 0 Å². The van der Waals surface area contributed by atoms with Crippen molar-refractivity contribution in [2.24, 2.45) is 0 Å². The smallest absolute Gasteiger partial charge is 0.488 e. The molecule has 2 aromatic rings. The third kappa shape index (κ3) is 4.73. The molecule has 1 amide bonds. The molecule has 0 spiro atoms. The van der Waals surface area contributed by atoms with Crippen LogP contribution in [0.4, 0.5) is 0 Å². The van der Waals surface area contributed by atoms with Gasteiger partial charge in [-0.2, -0.15) is 0 Å². The van der Waals surface area contributed by atoms with Gasteiger partial charge in [0.25, 0.3) is 5.91 Å². The molecule has 0 unspecified atom stereocenters. The van der Waals surface area contributed by atoms with Crippen molar-refractivity contribution in [2.75, 3.05) is 0 Å². The van der Waals surface area contributed by atoms with E-state index >= 15 is 0 Å². The highest BCUT2D eigenvalue weighted by molar-refractivity contribution is 6.58. The average molecular weight is 275 g/mol. The molecule has 0 aromatic heterocycles. The molecule has 2 aromatic carbocycles. The number of para-hydroxylation sites is 1. The average Bonchev–Trinajstić information content (AvgIpc) is 2.48. The lowest BCUT2D eigenvalue weighted by atomic mass is 9.81. The third-order valence-electron chi connectivity index (χ3n) is 2.35. The predicted octanol–water partition coefficient (Wildman–Crippen LogP) is -0.122. The number of hydrogen-bond donors (Lipinski definition) is 5. The van der Waals surface area contributed by atoms with Gasteiger partial charge in [-0.1, -0.05) is 42.5 Å². The zero-order valence-electron chi connectivity index (χ0n) is 10.5. The van der Waals surface area contributed by atoms with Crippen LogP contribution in [-0.4, -0.2) is 33.4 Å². The number of rotatable bonds is 2. The molecule has 0 aliphatic rings. The van der Waals surface area contributed by atoms with Crippen molar-refractivity contribution in [2.45, 2.75) is 0 Å². The number of aromatic hydroxyl groups is 1. The second-order valence-corrected chi connectivity index (χ2v) is 3.74. The first-order valence-electron chi connectivity index (χ1n) is 5.69. The first-order chi connectivity index (χ1) is 9.56. The summed E-state index contributed by atoms with van der Waals surface area (Å²) in [7, 11) is -1.34. The van der Waals surface area contributed by atoms with E-state index in [1.54, 1.807) is 36.4 Å². The summed E-state index contributed by atoms with van der Waals surface area (Å²) < 4.78 is 0. The van der Waals surface area contributed by atoms with Gasteiger partial charge in [-0.05, 0) is 17.6 Å². The molecule has 0 saturated heterocycles. The molecule has 0 atom stereocenters. The maximum absolute atomic E-state index is 10.7. The molecule has 20 heavy (non-hydrogen) atoms. The van der Waals surface area contributed by atoms with Crippen LogP contribution in [0.15, 0.2) is 54.6 Å². The van der Waals surface area contributed by atoms with Gasteiger partial charge >= 0.3 is 7.12 Å². The summed E-state index contributed by atoms with van der Waals surface area (Å²) in [5.74, 6) is -0.873. The van der Waals surface area contributed by atoms with Crippen LogP contribution in [0.5, 0.6) is 5.75 Å². The van der Waals surface area contributed by atoms with Crippen LogP contribution in [0.3, 0.4) is 0 Å². The van der Waals surface area contributed by atoms with Crippen molar-refractivity contribution in [1.82, 2.24) is 5.48 Å². The summed E-state index contributed by atoms with van der Waals surface area (Å²) in [6, 6.07) is 14.6. The Balaban J connectivity index is 0.000000204. The Bertz CT molecular complexity index is 547. The number of amides is 1. The number of benzene rings is 2. The zero-order chi connectivity index (χ0) is 15.0. The highest BCUT2D eigenvalue weighted by atomic mass is 16.5. The van der Waals surface area contributed by atoms with Gasteiger partial charge < -0.3 is 15.2 Å². The molecule has 5 N–H and O–H groups in total. The van der Waals surface area contributed by atoms with E-state index in [1.165, 1.54) is 17.6 Å². The summed E-state index contributed by atoms with van der Waals surface area (Å²) in [4.78, 5) is 10.7. The quantitative estimate of drug-likeness (QED) is 0.298. The molecule has 0 saturated carbocycles. The molecule has 104 valence electrons. The highest BCUT2D eigenvalue weighted by Crippen LogP contribution is 2.14. The number of phenolic OH excluding ortho intramolecular Hbond substituents is 1. The Morgan fingerprint density at radius 1 is 0.950 bits per heavy atom. The number of nitrogens with one attached hydrogen (secondary N) is 1. The molecule has 2 rings (SSSR count). The molecule has 0 aliphatic carbocycles. The monoisotopic (exact) mass is 275 g/mol. The largest absolute Gasteiger partial charge is 0.507 e. The van der Waals surface area contributed by atoms with Gasteiger partial charge in [-0.25, -0.2) is 5.48 Å². The van der Waals surface area contributed by atoms with E-state index in [-0.39, 0.29) is 11.3 Å². The van der Waals surface area contributed by atoms with Gasteiger partial charge in [0.1, 0.15) is 5.75 Å². The van der Waals surface area contributed by atoms with E-state index < -0.39 is 13.0 Å². The van der Waals surface area contributed by atoms with E-state index in [4.69, 9.17) is 20.4 Å². The van der Waals surface area contributed by atoms with E-state index in [9.17, 15) is 4.79 Å². The third-order valence-corrected chi connectivity index (χ3v) is 2.35. The lowest BCUT2D eigenvalue weighted by Gasteiger charge is -1.99. The Morgan fingerprint density at radius 3 is 1.95 bits per heavy atom. The standard InChI is InChI=1S/C7H7NO3.C6H7BO2/c9-6-4-2-1-3-5(6)7(10)8-11;8-7(9)6-4-2-1-3-5-6/h1-4,9,11H,(H,8,10);1-5,8-9H. The highest BCUT2D eigenvalue weighted by Gasteiger charge is 2.08. The molecule has 0 heterocycles. The summed E-state index contributed by atoms with van der Waals surface area (Å²) in [6.45, 7) is 0. The van der Waals surface area contributed by atoms with E-state index in [2.05, 4.69) is 0 Å². The van der Waals surface area contributed by atoms with Crippen LogP contribution < -0.4 is 10.9 Å². The fourth-order valence-electron chi connectivity index (χ4n) is 1.35. The first kappa shape index (κ1) is 15.7. The van der Waals surface area contributed by atoms with Crippen LogP contribution in [-0.2, 0) is 0 Å². The first-order valence-corrected chi connectivity index (χ1v) is 5.69. The Labute approximate surface area is 116 Å². The maximum atomic E-state index is 10.7. The molecular formula is C13H14BNO5. The fraction of sp³-hybridized carbons (Fsp3) is 0. The second kappa shape index (κ2) is 7.95. The molecule has 0 radical (unpaired) electrons. The fourth-order valence-corrected chi connectivity index (χ4v) is 1.35. The number of carbonyl (C=O) groups is 1. The topological polar surface area (TPSA) is 110 Å². The summed E-state index contributed by atoms with van der Waals surface area (Å²) in [5, 5.41) is 34.4. The lowest BCUT2D eigenvalue weighted by Crippen LogP contribution is -2.29. The summed E-state index contributed by atoms with van der Waals surface area (Å²) >= 11 is 0. The van der Waals surface area contributed by atoms with Crippen LogP contribution in [0.2, 0.25) is 0 Å². The summed E-state index contributed by atoms with van der Waals surface area (Å²) in [5.41, 5.74) is 2.00. The van der Waals surface area contributed by atoms with Crippen molar-refractivity contribution >= 4 is 18.5 Å². The lowest BCUT2D eigenvalue weighted by molar-refractivity contribution is 0.0703. The molecule has 6 nitrogen and oxygen atoms in total. The Hall–Kier alpha value is -2.35. The van der Waals surface area contributed by atoms with Crippen molar-refractivity contribution in [3.63, 3.8) is 0 Å². The Kier molecular flexibility index (Phi) is 6.25. The van der Waals surface area contributed by atoms with Gasteiger partial charge in [-0.15, -0.1) is 0 Å². The Morgan fingerprint density at radius 2 is 1.50 bits per heavy atom. The minimum Gasteiger partial charge on any atom is -0.507 e. The van der Waals surface area contributed by atoms with Crippen molar-refractivity contribution < 1.29 is 25.2 Å². The van der Waals surface area contributed by atoms with Crippen LogP contribution in [0, 0.1) is 0 Å². The van der Waals surface area contributed by atoms with E-state index in [1.807, 2.05) is 6.07 Å². The summed E-state index contributed by atoms with van der Waals surface area (Å²) in [6.07, 6.45) is 0. The number of hydrogen-bond acceptors (Lipinski definition) is 5. The van der Waals surface area contributed by atoms with Gasteiger partial charge in [0.2, 0.25) is 0 Å². The predicted molar refractivity (Wildman–Crippen MR) is 73.6 cm³/mol. The minimum absolute atomic E-state index is 0.0509. The van der Waals surface area contributed by atoms with E-state index in [0.717, 1.165) is 0 Å². The van der Waals surface area contributed by atoms with Crippen LogP contribution >= 0.6 is 0 Å². The van der Waals surface area contributed by atoms with Gasteiger partial charge in [-0.3, -0.25) is 10.0 Å². The SMILES string of the molecule is O=C(NO)c1ccccc1O.OB(O)c1ccccc1.